The molecular weight excluding hydrogens is 228 g/mol. The van der Waals surface area contributed by atoms with Gasteiger partial charge in [-0.25, -0.2) is 0 Å². The third-order valence-corrected chi connectivity index (χ3v) is 3.27. The number of rotatable bonds is 2. The highest BCUT2D eigenvalue weighted by molar-refractivity contribution is 5.93. The van der Waals surface area contributed by atoms with Crippen LogP contribution in [0.15, 0.2) is 30.7 Å². The number of aromatic nitrogens is 3. The SMILES string of the molecule is Cc1nccnc1CN1CCn2cccc2C1=O. The Labute approximate surface area is 105 Å². The molecule has 0 N–H and O–H groups in total. The summed E-state index contributed by atoms with van der Waals surface area (Å²) in [6, 6.07) is 3.77. The van der Waals surface area contributed by atoms with E-state index < -0.39 is 0 Å². The second-order valence-electron chi connectivity index (χ2n) is 4.40. The molecule has 0 fully saturated rings. The van der Waals surface area contributed by atoms with Gasteiger partial charge in [-0.05, 0) is 19.1 Å². The molecule has 0 saturated carbocycles. The Morgan fingerprint density at radius 2 is 2.11 bits per heavy atom. The van der Waals surface area contributed by atoms with E-state index >= 15 is 0 Å². The third-order valence-electron chi connectivity index (χ3n) is 3.27. The Balaban J connectivity index is 1.84. The van der Waals surface area contributed by atoms with Crippen molar-refractivity contribution in [3.8, 4) is 0 Å². The number of carbonyl (C=O) groups is 1. The molecule has 0 aliphatic carbocycles. The number of hydrogen-bond donors (Lipinski definition) is 0. The zero-order valence-corrected chi connectivity index (χ0v) is 10.2. The van der Waals surface area contributed by atoms with Crippen LogP contribution in [0.1, 0.15) is 21.9 Å². The van der Waals surface area contributed by atoms with Gasteiger partial charge in [0.25, 0.3) is 5.91 Å². The number of fused-ring (bicyclic) bond motifs is 1. The predicted octanol–water partition coefficient (Wildman–Crippen LogP) is 1.24. The zero-order chi connectivity index (χ0) is 12.5. The molecule has 1 aliphatic heterocycles. The van der Waals surface area contributed by atoms with Crippen LogP contribution in [-0.2, 0) is 13.1 Å². The van der Waals surface area contributed by atoms with Gasteiger partial charge >= 0.3 is 0 Å². The minimum Gasteiger partial charge on any atom is -0.342 e. The molecule has 0 aromatic carbocycles. The van der Waals surface area contributed by atoms with Gasteiger partial charge in [-0.3, -0.25) is 14.8 Å². The molecule has 0 spiro atoms. The first-order valence-corrected chi connectivity index (χ1v) is 5.96. The fourth-order valence-corrected chi connectivity index (χ4v) is 2.22. The maximum absolute atomic E-state index is 12.3. The van der Waals surface area contributed by atoms with Crippen LogP contribution in [0.2, 0.25) is 0 Å². The normalized spacial score (nSPS) is 14.7. The monoisotopic (exact) mass is 242 g/mol. The Morgan fingerprint density at radius 3 is 2.94 bits per heavy atom. The molecule has 0 atom stereocenters. The van der Waals surface area contributed by atoms with E-state index in [0.29, 0.717) is 6.54 Å². The second kappa shape index (κ2) is 4.25. The lowest BCUT2D eigenvalue weighted by Crippen LogP contribution is -2.39. The minimum absolute atomic E-state index is 0.0660. The topological polar surface area (TPSA) is 51.0 Å². The van der Waals surface area contributed by atoms with Gasteiger partial charge in [0.05, 0.1) is 17.9 Å². The van der Waals surface area contributed by atoms with E-state index in [1.807, 2.05) is 34.7 Å². The molecular formula is C13H14N4O. The standard InChI is InChI=1S/C13H14N4O/c1-10-11(15-5-4-14-10)9-17-8-7-16-6-2-3-12(16)13(17)18/h2-6H,7-9H2,1H3. The quantitative estimate of drug-likeness (QED) is 0.796. The lowest BCUT2D eigenvalue weighted by atomic mass is 10.2. The van der Waals surface area contributed by atoms with Crippen LogP contribution in [0.4, 0.5) is 0 Å². The summed E-state index contributed by atoms with van der Waals surface area (Å²) in [5.74, 6) is 0.0660. The van der Waals surface area contributed by atoms with Gasteiger partial charge in [0.15, 0.2) is 0 Å². The molecule has 0 radical (unpaired) electrons. The molecule has 92 valence electrons. The van der Waals surface area contributed by atoms with Crippen LogP contribution in [0, 0.1) is 6.92 Å². The second-order valence-corrected chi connectivity index (χ2v) is 4.40. The van der Waals surface area contributed by atoms with Crippen molar-refractivity contribution in [2.24, 2.45) is 0 Å². The van der Waals surface area contributed by atoms with Gasteiger partial charge in [-0.2, -0.15) is 0 Å². The number of aryl methyl sites for hydroxylation is 1. The van der Waals surface area contributed by atoms with E-state index in [1.54, 1.807) is 12.4 Å². The average Bonchev–Trinajstić information content (AvgIpc) is 2.84. The maximum Gasteiger partial charge on any atom is 0.270 e. The van der Waals surface area contributed by atoms with Gasteiger partial charge in [0, 0.05) is 31.7 Å². The highest BCUT2D eigenvalue weighted by Crippen LogP contribution is 2.15. The number of amides is 1. The van der Waals surface area contributed by atoms with Crippen molar-refractivity contribution in [3.05, 3.63) is 47.8 Å². The molecule has 2 aromatic heterocycles. The first-order chi connectivity index (χ1) is 8.75. The molecule has 3 heterocycles. The van der Waals surface area contributed by atoms with Crippen LogP contribution in [0.5, 0.6) is 0 Å². The largest absolute Gasteiger partial charge is 0.342 e. The molecule has 2 aromatic rings. The van der Waals surface area contributed by atoms with Crippen LogP contribution in [-0.4, -0.2) is 31.9 Å². The number of hydrogen-bond acceptors (Lipinski definition) is 3. The Morgan fingerprint density at radius 1 is 1.28 bits per heavy atom. The lowest BCUT2D eigenvalue weighted by molar-refractivity contribution is 0.0688. The molecule has 5 nitrogen and oxygen atoms in total. The summed E-state index contributed by atoms with van der Waals surface area (Å²) in [5, 5.41) is 0. The molecule has 0 unspecified atom stereocenters. The highest BCUT2D eigenvalue weighted by Gasteiger charge is 2.24. The summed E-state index contributed by atoms with van der Waals surface area (Å²) in [6.07, 6.45) is 5.28. The summed E-state index contributed by atoms with van der Waals surface area (Å²) in [5.41, 5.74) is 2.50. The van der Waals surface area contributed by atoms with Crippen LogP contribution >= 0.6 is 0 Å². The summed E-state index contributed by atoms with van der Waals surface area (Å²) in [6.45, 7) is 4.01. The smallest absolute Gasteiger partial charge is 0.270 e. The first kappa shape index (κ1) is 11.0. The fraction of sp³-hybridized carbons (Fsp3) is 0.308. The summed E-state index contributed by atoms with van der Waals surface area (Å²) in [4.78, 5) is 22.6. The molecule has 0 saturated heterocycles. The Hall–Kier alpha value is -2.17. The molecule has 18 heavy (non-hydrogen) atoms. The average molecular weight is 242 g/mol. The van der Waals surface area contributed by atoms with Crippen molar-refractivity contribution in [2.75, 3.05) is 6.54 Å². The fourth-order valence-electron chi connectivity index (χ4n) is 2.22. The van der Waals surface area contributed by atoms with E-state index in [1.165, 1.54) is 0 Å². The van der Waals surface area contributed by atoms with Gasteiger partial charge < -0.3 is 9.47 Å². The van der Waals surface area contributed by atoms with Gasteiger partial charge in [-0.15, -0.1) is 0 Å². The van der Waals surface area contributed by atoms with E-state index in [0.717, 1.165) is 30.2 Å². The van der Waals surface area contributed by atoms with Gasteiger partial charge in [-0.1, -0.05) is 0 Å². The van der Waals surface area contributed by atoms with Crippen LogP contribution < -0.4 is 0 Å². The van der Waals surface area contributed by atoms with E-state index in [9.17, 15) is 4.79 Å². The zero-order valence-electron chi connectivity index (χ0n) is 10.2. The van der Waals surface area contributed by atoms with Crippen molar-refractivity contribution < 1.29 is 4.79 Å². The molecule has 5 heteroatoms. The summed E-state index contributed by atoms with van der Waals surface area (Å²) < 4.78 is 1.99. The first-order valence-electron chi connectivity index (χ1n) is 5.96. The van der Waals surface area contributed by atoms with Gasteiger partial charge in [0.1, 0.15) is 5.69 Å². The van der Waals surface area contributed by atoms with Crippen molar-refractivity contribution in [3.63, 3.8) is 0 Å². The lowest BCUT2D eigenvalue weighted by Gasteiger charge is -2.28. The van der Waals surface area contributed by atoms with Gasteiger partial charge in [0.2, 0.25) is 0 Å². The number of nitrogens with zero attached hydrogens (tertiary/aromatic N) is 4. The minimum atomic E-state index is 0.0660. The molecule has 1 amide bonds. The Kier molecular flexibility index (Phi) is 2.59. The van der Waals surface area contributed by atoms with Crippen molar-refractivity contribution >= 4 is 5.91 Å². The Bertz CT molecular complexity index is 590. The van der Waals surface area contributed by atoms with Crippen LogP contribution in [0.25, 0.3) is 0 Å². The van der Waals surface area contributed by atoms with Crippen molar-refractivity contribution in [1.82, 2.24) is 19.4 Å². The van der Waals surface area contributed by atoms with E-state index in [4.69, 9.17) is 0 Å². The van der Waals surface area contributed by atoms with E-state index in [2.05, 4.69) is 9.97 Å². The van der Waals surface area contributed by atoms with E-state index in [-0.39, 0.29) is 5.91 Å². The summed E-state index contributed by atoms with van der Waals surface area (Å²) >= 11 is 0. The molecule has 3 rings (SSSR count). The molecule has 0 bridgehead atoms. The van der Waals surface area contributed by atoms with Crippen molar-refractivity contribution in [2.45, 2.75) is 20.0 Å². The predicted molar refractivity (Wildman–Crippen MR) is 65.9 cm³/mol. The third kappa shape index (κ3) is 1.77. The van der Waals surface area contributed by atoms with Crippen LogP contribution in [0.3, 0.4) is 0 Å². The number of carbonyl (C=O) groups excluding carboxylic acids is 1. The molecule has 1 aliphatic rings. The summed E-state index contributed by atoms with van der Waals surface area (Å²) in [7, 11) is 0. The highest BCUT2D eigenvalue weighted by atomic mass is 16.2. The van der Waals surface area contributed by atoms with Crippen molar-refractivity contribution in [1.29, 1.82) is 0 Å². The maximum atomic E-state index is 12.3.